The first-order chi connectivity index (χ1) is 12.2. The van der Waals surface area contributed by atoms with Crippen molar-refractivity contribution in [3.8, 4) is 0 Å². The van der Waals surface area contributed by atoms with E-state index in [1.54, 1.807) is 19.1 Å². The fourth-order valence-electron chi connectivity index (χ4n) is 2.40. The Balaban J connectivity index is 2.48. The van der Waals surface area contributed by atoms with Crippen molar-refractivity contribution in [2.24, 2.45) is 0 Å². The number of carbonyl (C=O) groups is 3. The second kappa shape index (κ2) is 7.56. The summed E-state index contributed by atoms with van der Waals surface area (Å²) in [6.07, 6.45) is 0. The molecule has 0 radical (unpaired) electrons. The molecule has 0 atom stereocenters. The van der Waals surface area contributed by atoms with Gasteiger partial charge < -0.3 is 5.32 Å². The predicted octanol–water partition coefficient (Wildman–Crippen LogP) is 3.05. The first-order valence-electron chi connectivity index (χ1n) is 7.68. The SMILES string of the molecule is CC(=O)Nc1cc(N(C(C)=O)C(=O)c2cccc([N+](=O)[O-])c2)ccc1C. The maximum atomic E-state index is 12.8. The fourth-order valence-corrected chi connectivity index (χ4v) is 2.40. The highest BCUT2D eigenvalue weighted by molar-refractivity contribution is 6.20. The molecule has 0 aliphatic carbocycles. The Morgan fingerprint density at radius 1 is 1.08 bits per heavy atom. The number of non-ortho nitro benzene ring substituents is 1. The van der Waals surface area contributed by atoms with Gasteiger partial charge in [0.1, 0.15) is 0 Å². The number of hydrogen-bond acceptors (Lipinski definition) is 5. The van der Waals surface area contributed by atoms with Crippen LogP contribution in [0.25, 0.3) is 0 Å². The van der Waals surface area contributed by atoms with E-state index in [-0.39, 0.29) is 22.8 Å². The van der Waals surface area contributed by atoms with Gasteiger partial charge in [-0.1, -0.05) is 12.1 Å². The van der Waals surface area contributed by atoms with Crippen molar-refractivity contribution in [2.75, 3.05) is 10.2 Å². The number of nitro groups is 1. The normalized spacial score (nSPS) is 10.1. The molecule has 26 heavy (non-hydrogen) atoms. The molecular weight excluding hydrogens is 338 g/mol. The molecule has 0 saturated heterocycles. The lowest BCUT2D eigenvalue weighted by molar-refractivity contribution is -0.384. The summed E-state index contributed by atoms with van der Waals surface area (Å²) >= 11 is 0. The number of benzene rings is 2. The summed E-state index contributed by atoms with van der Waals surface area (Å²) in [6.45, 7) is 4.34. The summed E-state index contributed by atoms with van der Waals surface area (Å²) in [6, 6.07) is 9.88. The van der Waals surface area contributed by atoms with E-state index in [2.05, 4.69) is 5.32 Å². The summed E-state index contributed by atoms with van der Waals surface area (Å²) in [4.78, 5) is 47.4. The smallest absolute Gasteiger partial charge is 0.270 e. The summed E-state index contributed by atoms with van der Waals surface area (Å²) < 4.78 is 0. The predicted molar refractivity (Wildman–Crippen MR) is 96.1 cm³/mol. The molecule has 0 spiro atoms. The second-order valence-corrected chi connectivity index (χ2v) is 5.65. The Bertz CT molecular complexity index is 907. The summed E-state index contributed by atoms with van der Waals surface area (Å²) in [5.41, 5.74) is 1.24. The van der Waals surface area contributed by atoms with Gasteiger partial charge in [0.25, 0.3) is 11.6 Å². The van der Waals surface area contributed by atoms with Crippen molar-refractivity contribution in [2.45, 2.75) is 20.8 Å². The number of nitrogens with one attached hydrogen (secondary N) is 1. The van der Waals surface area contributed by atoms with Crippen LogP contribution < -0.4 is 10.2 Å². The van der Waals surface area contributed by atoms with Crippen molar-refractivity contribution in [3.05, 3.63) is 63.7 Å². The number of anilines is 2. The molecule has 0 fully saturated rings. The van der Waals surface area contributed by atoms with Crippen LogP contribution in [0.5, 0.6) is 0 Å². The molecule has 2 aromatic carbocycles. The molecule has 1 N–H and O–H groups in total. The highest BCUT2D eigenvalue weighted by Crippen LogP contribution is 2.26. The highest BCUT2D eigenvalue weighted by atomic mass is 16.6. The van der Waals surface area contributed by atoms with Crippen LogP contribution in [0.2, 0.25) is 0 Å². The fraction of sp³-hybridized carbons (Fsp3) is 0.167. The van der Waals surface area contributed by atoms with Crippen molar-refractivity contribution < 1.29 is 19.3 Å². The summed E-state index contributed by atoms with van der Waals surface area (Å²) in [5, 5.41) is 13.5. The van der Waals surface area contributed by atoms with Gasteiger partial charge in [0.15, 0.2) is 0 Å². The number of carbonyl (C=O) groups excluding carboxylic acids is 3. The van der Waals surface area contributed by atoms with Crippen LogP contribution in [0, 0.1) is 17.0 Å². The summed E-state index contributed by atoms with van der Waals surface area (Å²) in [5.74, 6) is -1.54. The van der Waals surface area contributed by atoms with Crippen LogP contribution in [0.15, 0.2) is 42.5 Å². The Labute approximate surface area is 149 Å². The van der Waals surface area contributed by atoms with Crippen LogP contribution in [0.4, 0.5) is 17.1 Å². The minimum atomic E-state index is -0.696. The second-order valence-electron chi connectivity index (χ2n) is 5.65. The van der Waals surface area contributed by atoms with Crippen LogP contribution in [0.3, 0.4) is 0 Å². The van der Waals surface area contributed by atoms with E-state index in [0.717, 1.165) is 16.5 Å². The average molecular weight is 355 g/mol. The van der Waals surface area contributed by atoms with Gasteiger partial charge in [-0.05, 0) is 30.7 Å². The quantitative estimate of drug-likeness (QED) is 0.669. The largest absolute Gasteiger partial charge is 0.326 e. The molecule has 0 heterocycles. The molecule has 2 aromatic rings. The standard InChI is InChI=1S/C18H17N3O5/c1-11-7-8-15(10-17(11)19-12(2)22)20(13(3)23)18(24)14-5-4-6-16(9-14)21(25)26/h4-10H,1-3H3,(H,19,22). The number of aryl methyl sites for hydroxylation is 1. The molecule has 0 aliphatic heterocycles. The van der Waals surface area contributed by atoms with Gasteiger partial charge in [0.05, 0.1) is 10.6 Å². The Hall–Kier alpha value is -3.55. The molecule has 0 unspecified atom stereocenters. The molecule has 134 valence electrons. The van der Waals surface area contributed by atoms with E-state index in [1.807, 2.05) is 0 Å². The molecule has 0 bridgehead atoms. The lowest BCUT2D eigenvalue weighted by Gasteiger charge is -2.21. The van der Waals surface area contributed by atoms with Gasteiger partial charge in [-0.25, -0.2) is 4.90 Å². The zero-order valence-corrected chi connectivity index (χ0v) is 14.5. The van der Waals surface area contributed by atoms with Gasteiger partial charge in [-0.15, -0.1) is 0 Å². The maximum Gasteiger partial charge on any atom is 0.270 e. The Kier molecular flexibility index (Phi) is 5.46. The van der Waals surface area contributed by atoms with Crippen LogP contribution in [-0.4, -0.2) is 22.6 Å². The molecule has 8 heteroatoms. The monoisotopic (exact) mass is 355 g/mol. The number of nitro benzene ring substituents is 1. The first-order valence-corrected chi connectivity index (χ1v) is 7.68. The third-order valence-electron chi connectivity index (χ3n) is 3.61. The first kappa shape index (κ1) is 18.8. The van der Waals surface area contributed by atoms with E-state index in [0.29, 0.717) is 5.69 Å². The maximum absolute atomic E-state index is 12.8. The lowest BCUT2D eigenvalue weighted by Crippen LogP contribution is -2.35. The molecule has 0 saturated carbocycles. The van der Waals surface area contributed by atoms with Gasteiger partial charge in [0.2, 0.25) is 11.8 Å². The van der Waals surface area contributed by atoms with Gasteiger partial charge >= 0.3 is 0 Å². The van der Waals surface area contributed by atoms with Crippen LogP contribution in [-0.2, 0) is 9.59 Å². The number of nitrogens with zero attached hydrogens (tertiary/aromatic N) is 2. The third-order valence-corrected chi connectivity index (χ3v) is 3.61. The zero-order valence-electron chi connectivity index (χ0n) is 14.5. The Morgan fingerprint density at radius 2 is 1.77 bits per heavy atom. The van der Waals surface area contributed by atoms with Crippen LogP contribution in [0.1, 0.15) is 29.8 Å². The molecule has 0 aromatic heterocycles. The number of hydrogen-bond donors (Lipinski definition) is 1. The van der Waals surface area contributed by atoms with E-state index < -0.39 is 16.7 Å². The lowest BCUT2D eigenvalue weighted by atomic mass is 10.1. The molecule has 3 amide bonds. The van der Waals surface area contributed by atoms with Crippen molar-refractivity contribution in [1.82, 2.24) is 0 Å². The molecular formula is C18H17N3O5. The average Bonchev–Trinajstić information content (AvgIpc) is 2.57. The van der Waals surface area contributed by atoms with Crippen molar-refractivity contribution in [3.63, 3.8) is 0 Å². The van der Waals surface area contributed by atoms with Gasteiger partial charge in [0, 0.05) is 37.2 Å². The minimum absolute atomic E-state index is 0.0102. The molecule has 2 rings (SSSR count). The zero-order chi connectivity index (χ0) is 19.4. The number of rotatable bonds is 4. The topological polar surface area (TPSA) is 110 Å². The van der Waals surface area contributed by atoms with E-state index in [1.165, 1.54) is 38.1 Å². The van der Waals surface area contributed by atoms with Crippen LogP contribution >= 0.6 is 0 Å². The number of amides is 3. The third kappa shape index (κ3) is 4.10. The molecule has 0 aliphatic rings. The Morgan fingerprint density at radius 3 is 2.35 bits per heavy atom. The number of imide groups is 1. The molecule has 8 nitrogen and oxygen atoms in total. The van der Waals surface area contributed by atoms with Crippen molar-refractivity contribution in [1.29, 1.82) is 0 Å². The van der Waals surface area contributed by atoms with Crippen molar-refractivity contribution >= 4 is 34.8 Å². The van der Waals surface area contributed by atoms with E-state index >= 15 is 0 Å². The summed E-state index contributed by atoms with van der Waals surface area (Å²) in [7, 11) is 0. The highest BCUT2D eigenvalue weighted by Gasteiger charge is 2.24. The minimum Gasteiger partial charge on any atom is -0.326 e. The van der Waals surface area contributed by atoms with E-state index in [4.69, 9.17) is 0 Å². The van der Waals surface area contributed by atoms with E-state index in [9.17, 15) is 24.5 Å². The van der Waals surface area contributed by atoms with Gasteiger partial charge in [-0.2, -0.15) is 0 Å². The van der Waals surface area contributed by atoms with Gasteiger partial charge in [-0.3, -0.25) is 24.5 Å².